The molecule has 0 aliphatic heterocycles. The first-order valence-corrected chi connectivity index (χ1v) is 11.7. The summed E-state index contributed by atoms with van der Waals surface area (Å²) in [6.07, 6.45) is 0.845. The van der Waals surface area contributed by atoms with Gasteiger partial charge in [0, 0.05) is 30.3 Å². The van der Waals surface area contributed by atoms with Gasteiger partial charge in [-0.25, -0.2) is 8.78 Å². The molecule has 2 amide bonds. The molecule has 0 saturated carbocycles. The molecule has 0 aliphatic rings. The molecule has 0 radical (unpaired) electrons. The maximum absolute atomic E-state index is 13.6. The number of amides is 2. The van der Waals surface area contributed by atoms with E-state index in [2.05, 4.69) is 5.32 Å². The van der Waals surface area contributed by atoms with Crippen LogP contribution in [0, 0.1) is 18.6 Å². The van der Waals surface area contributed by atoms with Crippen LogP contribution in [0.2, 0.25) is 0 Å². The summed E-state index contributed by atoms with van der Waals surface area (Å²) in [5.74, 6) is -2.11. The third-order valence-electron chi connectivity index (χ3n) is 5.48. The van der Waals surface area contributed by atoms with Gasteiger partial charge >= 0.3 is 0 Å². The minimum absolute atomic E-state index is 0.0139. The molecule has 6 nitrogen and oxygen atoms in total. The van der Waals surface area contributed by atoms with Gasteiger partial charge in [-0.1, -0.05) is 13.8 Å². The van der Waals surface area contributed by atoms with Crippen LogP contribution >= 0.6 is 0 Å². The number of nitrogens with zero attached hydrogens (tertiary/aromatic N) is 1. The first-order valence-electron chi connectivity index (χ1n) is 11.7. The fourth-order valence-corrected chi connectivity index (χ4v) is 3.96. The van der Waals surface area contributed by atoms with Gasteiger partial charge in [0.1, 0.15) is 11.6 Å². The molecule has 2 aromatic rings. The molecule has 8 heteroatoms. The first-order chi connectivity index (χ1) is 16.2. The lowest BCUT2D eigenvalue weighted by atomic mass is 9.98. The Labute approximate surface area is 200 Å². The van der Waals surface area contributed by atoms with Crippen molar-refractivity contribution >= 4 is 11.8 Å². The number of aliphatic hydroxyl groups is 1. The molecule has 0 aliphatic carbocycles. The van der Waals surface area contributed by atoms with Crippen LogP contribution in [0.25, 0.3) is 0 Å². The fourth-order valence-electron chi connectivity index (χ4n) is 3.96. The van der Waals surface area contributed by atoms with E-state index >= 15 is 0 Å². The lowest BCUT2D eigenvalue weighted by molar-refractivity contribution is 0.0755. The van der Waals surface area contributed by atoms with Crippen molar-refractivity contribution in [2.75, 3.05) is 19.6 Å². The molecule has 2 rings (SSSR count). The van der Waals surface area contributed by atoms with Gasteiger partial charge in [-0.3, -0.25) is 9.59 Å². The Morgan fingerprint density at radius 2 is 1.59 bits per heavy atom. The molecule has 186 valence electrons. The van der Waals surface area contributed by atoms with Crippen LogP contribution in [-0.2, 0) is 6.42 Å². The predicted molar refractivity (Wildman–Crippen MR) is 129 cm³/mol. The van der Waals surface area contributed by atoms with Crippen molar-refractivity contribution in [3.8, 4) is 0 Å². The topological polar surface area (TPSA) is 95.7 Å². The summed E-state index contributed by atoms with van der Waals surface area (Å²) in [5.41, 5.74) is 7.30. The highest BCUT2D eigenvalue weighted by Crippen LogP contribution is 2.16. The normalized spacial score (nSPS) is 12.8. The predicted octanol–water partition coefficient (Wildman–Crippen LogP) is 3.59. The molecule has 0 saturated heterocycles. The summed E-state index contributed by atoms with van der Waals surface area (Å²) in [4.78, 5) is 27.9. The number of halogens is 2. The van der Waals surface area contributed by atoms with Gasteiger partial charge in [-0.05, 0) is 80.6 Å². The number of hydrogen-bond acceptors (Lipinski definition) is 4. The van der Waals surface area contributed by atoms with Crippen LogP contribution < -0.4 is 11.1 Å². The zero-order chi connectivity index (χ0) is 25.3. The molecule has 2 atom stereocenters. The van der Waals surface area contributed by atoms with Gasteiger partial charge in [0.05, 0.1) is 12.1 Å². The number of nitrogens with two attached hydrogens (primary N) is 1. The summed E-state index contributed by atoms with van der Waals surface area (Å²) < 4.78 is 27.3. The Bertz CT molecular complexity index is 958. The van der Waals surface area contributed by atoms with E-state index < -0.39 is 29.7 Å². The fraction of sp³-hybridized carbons (Fsp3) is 0.462. The van der Waals surface area contributed by atoms with Crippen LogP contribution in [0.3, 0.4) is 0 Å². The molecule has 0 spiro atoms. The van der Waals surface area contributed by atoms with Crippen molar-refractivity contribution in [3.63, 3.8) is 0 Å². The van der Waals surface area contributed by atoms with Gasteiger partial charge in [-0.15, -0.1) is 0 Å². The highest BCUT2D eigenvalue weighted by molar-refractivity contribution is 6.00. The van der Waals surface area contributed by atoms with E-state index in [1.165, 1.54) is 6.07 Å². The van der Waals surface area contributed by atoms with Crippen molar-refractivity contribution in [1.82, 2.24) is 10.2 Å². The monoisotopic (exact) mass is 475 g/mol. The van der Waals surface area contributed by atoms with Crippen molar-refractivity contribution in [2.45, 2.75) is 58.6 Å². The number of carbonyl (C=O) groups excluding carboxylic acids is 2. The molecular formula is C26H35F2N3O3. The Hall–Kier alpha value is -2.84. The van der Waals surface area contributed by atoms with E-state index in [9.17, 15) is 23.5 Å². The van der Waals surface area contributed by atoms with E-state index in [0.29, 0.717) is 24.2 Å². The van der Waals surface area contributed by atoms with Crippen LogP contribution in [0.5, 0.6) is 0 Å². The molecule has 34 heavy (non-hydrogen) atoms. The third kappa shape index (κ3) is 7.88. The smallest absolute Gasteiger partial charge is 0.253 e. The van der Waals surface area contributed by atoms with Crippen LogP contribution in [0.1, 0.15) is 65.0 Å². The van der Waals surface area contributed by atoms with E-state index in [4.69, 9.17) is 5.73 Å². The minimum Gasteiger partial charge on any atom is -0.391 e. The first kappa shape index (κ1) is 27.4. The van der Waals surface area contributed by atoms with Gasteiger partial charge in [0.2, 0.25) is 0 Å². The molecule has 0 bridgehead atoms. The van der Waals surface area contributed by atoms with Gasteiger partial charge in [0.25, 0.3) is 11.8 Å². The second-order valence-electron chi connectivity index (χ2n) is 8.59. The molecule has 2 unspecified atom stereocenters. The number of rotatable bonds is 12. The molecule has 0 aromatic heterocycles. The van der Waals surface area contributed by atoms with Gasteiger partial charge in [0.15, 0.2) is 0 Å². The number of nitrogens with one attached hydrogen (secondary N) is 1. The van der Waals surface area contributed by atoms with Crippen LogP contribution in [0.4, 0.5) is 8.78 Å². The third-order valence-corrected chi connectivity index (χ3v) is 5.48. The van der Waals surface area contributed by atoms with Crippen molar-refractivity contribution < 1.29 is 23.5 Å². The van der Waals surface area contributed by atoms with Gasteiger partial charge in [-0.2, -0.15) is 0 Å². The minimum atomic E-state index is -1.02. The van der Waals surface area contributed by atoms with Crippen molar-refractivity contribution in [2.24, 2.45) is 5.73 Å². The average Bonchev–Trinajstić information content (AvgIpc) is 2.77. The summed E-state index contributed by atoms with van der Waals surface area (Å²) >= 11 is 0. The number of aryl methyl sites for hydroxylation is 1. The second-order valence-corrected chi connectivity index (χ2v) is 8.59. The number of hydrogen-bond donors (Lipinski definition) is 3. The Balaban J connectivity index is 2.29. The van der Waals surface area contributed by atoms with Crippen LogP contribution in [-0.4, -0.2) is 53.6 Å². The van der Waals surface area contributed by atoms with E-state index in [0.717, 1.165) is 36.6 Å². The van der Waals surface area contributed by atoms with Crippen molar-refractivity contribution in [3.05, 3.63) is 70.3 Å². The quantitative estimate of drug-likeness (QED) is 0.437. The molecule has 0 heterocycles. The van der Waals surface area contributed by atoms with E-state index in [-0.39, 0.29) is 30.9 Å². The number of aliphatic hydroxyl groups excluding tert-OH is 1. The lowest BCUT2D eigenvalue weighted by Gasteiger charge is -2.25. The summed E-state index contributed by atoms with van der Waals surface area (Å²) in [6, 6.07) is 7.20. The van der Waals surface area contributed by atoms with Gasteiger partial charge < -0.3 is 21.1 Å². The second kappa shape index (κ2) is 13.2. The Kier molecular flexibility index (Phi) is 10.6. The molecule has 0 fully saturated rings. The zero-order valence-electron chi connectivity index (χ0n) is 20.1. The maximum atomic E-state index is 13.6. The van der Waals surface area contributed by atoms with E-state index in [1.54, 1.807) is 24.0 Å². The SMILES string of the molecule is CCCN(CCC)C(=O)c1cc(C)cc(C(=O)NC(Cc2cc(F)cc(F)c2)C(O)CCN)c1. The Morgan fingerprint density at radius 3 is 2.15 bits per heavy atom. The van der Waals surface area contributed by atoms with E-state index in [1.807, 2.05) is 13.8 Å². The average molecular weight is 476 g/mol. The highest BCUT2D eigenvalue weighted by Gasteiger charge is 2.24. The number of benzene rings is 2. The summed E-state index contributed by atoms with van der Waals surface area (Å²) in [6.45, 7) is 7.23. The zero-order valence-corrected chi connectivity index (χ0v) is 20.1. The lowest BCUT2D eigenvalue weighted by Crippen LogP contribution is -2.45. The van der Waals surface area contributed by atoms with Crippen LogP contribution in [0.15, 0.2) is 36.4 Å². The summed E-state index contributed by atoms with van der Waals surface area (Å²) in [7, 11) is 0. The summed E-state index contributed by atoms with van der Waals surface area (Å²) in [5, 5.41) is 13.3. The maximum Gasteiger partial charge on any atom is 0.253 e. The molecule has 2 aromatic carbocycles. The van der Waals surface area contributed by atoms with Crippen molar-refractivity contribution in [1.29, 1.82) is 0 Å². The highest BCUT2D eigenvalue weighted by atomic mass is 19.1. The standard InChI is InChI=1S/C26H35F2N3O3/c1-4-8-31(9-5-2)26(34)20-11-17(3)10-19(15-20)25(33)30-23(24(32)6-7-29)14-18-12-21(27)16-22(28)13-18/h10-13,15-16,23-24,32H,4-9,14,29H2,1-3H3,(H,30,33). The molecular weight excluding hydrogens is 440 g/mol. The number of carbonyl (C=O) groups is 2. The Morgan fingerprint density at radius 1 is 1.00 bits per heavy atom. The largest absolute Gasteiger partial charge is 0.391 e. The molecule has 4 N–H and O–H groups in total.